The molecule has 1 heterocycles. The molecule has 0 aliphatic carbocycles. The zero-order valence-electron chi connectivity index (χ0n) is 11.4. The molecule has 0 aromatic carbocycles. The molecular formula is C14H23NO2. The van der Waals surface area contributed by atoms with Gasteiger partial charge in [-0.1, -0.05) is 27.2 Å². The Morgan fingerprint density at radius 2 is 2.06 bits per heavy atom. The Morgan fingerprint density at radius 3 is 2.53 bits per heavy atom. The van der Waals surface area contributed by atoms with Crippen molar-refractivity contribution in [2.24, 2.45) is 5.92 Å². The Balaban J connectivity index is 2.49. The van der Waals surface area contributed by atoms with Crippen molar-refractivity contribution < 1.29 is 9.59 Å². The number of carbonyl (C=O) groups is 2. The molecule has 1 aliphatic rings. The van der Waals surface area contributed by atoms with Crippen molar-refractivity contribution in [2.75, 3.05) is 6.54 Å². The van der Waals surface area contributed by atoms with Crippen LogP contribution in [-0.4, -0.2) is 23.3 Å². The first-order chi connectivity index (χ1) is 7.97. The summed E-state index contributed by atoms with van der Waals surface area (Å²) in [4.78, 5) is 25.3. The van der Waals surface area contributed by atoms with Crippen LogP contribution in [-0.2, 0) is 9.59 Å². The van der Waals surface area contributed by atoms with E-state index in [1.165, 1.54) is 4.90 Å². The standard InChI is InChI=1S/C14H23NO2/c1-5-12-11(4)9-15(14(12)17)13(16)8-6-7-10(2)3/h10H,5-9H2,1-4H3. The van der Waals surface area contributed by atoms with Crippen LogP contribution in [0, 0.1) is 5.92 Å². The van der Waals surface area contributed by atoms with Crippen LogP contribution in [0.5, 0.6) is 0 Å². The fourth-order valence-corrected chi connectivity index (χ4v) is 2.20. The normalized spacial score (nSPS) is 16.3. The van der Waals surface area contributed by atoms with Crippen molar-refractivity contribution in [3.05, 3.63) is 11.1 Å². The highest BCUT2D eigenvalue weighted by Gasteiger charge is 2.30. The van der Waals surface area contributed by atoms with Gasteiger partial charge in [-0.05, 0) is 31.3 Å². The molecule has 0 N–H and O–H groups in total. The van der Waals surface area contributed by atoms with E-state index in [2.05, 4.69) is 13.8 Å². The summed E-state index contributed by atoms with van der Waals surface area (Å²) in [7, 11) is 0. The molecule has 3 nitrogen and oxygen atoms in total. The second-order valence-corrected chi connectivity index (χ2v) is 5.18. The summed E-state index contributed by atoms with van der Waals surface area (Å²) >= 11 is 0. The van der Waals surface area contributed by atoms with E-state index in [-0.39, 0.29) is 11.8 Å². The van der Waals surface area contributed by atoms with Crippen LogP contribution in [0.2, 0.25) is 0 Å². The third kappa shape index (κ3) is 3.42. The van der Waals surface area contributed by atoms with Crippen LogP contribution in [0.25, 0.3) is 0 Å². The van der Waals surface area contributed by atoms with Gasteiger partial charge in [-0.15, -0.1) is 0 Å². The van der Waals surface area contributed by atoms with E-state index < -0.39 is 0 Å². The van der Waals surface area contributed by atoms with E-state index in [0.717, 1.165) is 30.4 Å². The Labute approximate surface area is 104 Å². The number of carbonyl (C=O) groups excluding carboxylic acids is 2. The highest BCUT2D eigenvalue weighted by molar-refractivity contribution is 6.07. The van der Waals surface area contributed by atoms with Crippen LogP contribution >= 0.6 is 0 Å². The first-order valence-corrected chi connectivity index (χ1v) is 6.50. The van der Waals surface area contributed by atoms with Crippen LogP contribution in [0.3, 0.4) is 0 Å². The summed E-state index contributed by atoms with van der Waals surface area (Å²) in [5, 5.41) is 0. The summed E-state index contributed by atoms with van der Waals surface area (Å²) < 4.78 is 0. The van der Waals surface area contributed by atoms with Gasteiger partial charge in [0.25, 0.3) is 5.91 Å². The maximum atomic E-state index is 11.9. The van der Waals surface area contributed by atoms with Crippen LogP contribution in [0.15, 0.2) is 11.1 Å². The second kappa shape index (κ2) is 5.99. The highest BCUT2D eigenvalue weighted by Crippen LogP contribution is 2.22. The molecule has 0 spiro atoms. The lowest BCUT2D eigenvalue weighted by Gasteiger charge is -2.15. The molecule has 0 atom stereocenters. The lowest BCUT2D eigenvalue weighted by Crippen LogP contribution is -2.33. The summed E-state index contributed by atoms with van der Waals surface area (Å²) in [6.45, 7) is 8.70. The largest absolute Gasteiger partial charge is 0.275 e. The number of nitrogens with zero attached hydrogens (tertiary/aromatic N) is 1. The molecular weight excluding hydrogens is 214 g/mol. The minimum atomic E-state index is -0.0699. The Morgan fingerprint density at radius 1 is 1.41 bits per heavy atom. The minimum Gasteiger partial charge on any atom is -0.275 e. The van der Waals surface area contributed by atoms with Crippen LogP contribution < -0.4 is 0 Å². The van der Waals surface area contributed by atoms with E-state index in [1.807, 2.05) is 13.8 Å². The smallest absolute Gasteiger partial charge is 0.256 e. The molecule has 0 saturated carbocycles. The van der Waals surface area contributed by atoms with Crippen molar-refractivity contribution in [3.63, 3.8) is 0 Å². The van der Waals surface area contributed by atoms with E-state index >= 15 is 0 Å². The number of imide groups is 1. The first-order valence-electron chi connectivity index (χ1n) is 6.50. The summed E-state index contributed by atoms with van der Waals surface area (Å²) in [5.74, 6) is 0.529. The van der Waals surface area contributed by atoms with Crippen molar-refractivity contribution in [1.29, 1.82) is 0 Å². The Hall–Kier alpha value is -1.12. The van der Waals surface area contributed by atoms with Crippen molar-refractivity contribution >= 4 is 11.8 Å². The predicted molar refractivity (Wildman–Crippen MR) is 68.4 cm³/mol. The van der Waals surface area contributed by atoms with E-state index in [0.29, 0.717) is 18.9 Å². The third-order valence-electron chi connectivity index (χ3n) is 3.24. The maximum Gasteiger partial charge on any atom is 0.256 e. The molecule has 0 fully saturated rings. The van der Waals surface area contributed by atoms with Gasteiger partial charge < -0.3 is 0 Å². The number of amides is 2. The zero-order chi connectivity index (χ0) is 13.0. The molecule has 0 bridgehead atoms. The minimum absolute atomic E-state index is 0.0153. The van der Waals surface area contributed by atoms with E-state index in [9.17, 15) is 9.59 Å². The number of hydrogen-bond donors (Lipinski definition) is 0. The average Bonchev–Trinajstić information content (AvgIpc) is 2.53. The number of hydrogen-bond acceptors (Lipinski definition) is 2. The van der Waals surface area contributed by atoms with E-state index in [1.54, 1.807) is 0 Å². The average molecular weight is 237 g/mol. The van der Waals surface area contributed by atoms with Crippen LogP contribution in [0.4, 0.5) is 0 Å². The molecule has 0 saturated heterocycles. The fourth-order valence-electron chi connectivity index (χ4n) is 2.20. The van der Waals surface area contributed by atoms with Crippen LogP contribution in [0.1, 0.15) is 53.4 Å². The fraction of sp³-hybridized carbons (Fsp3) is 0.714. The van der Waals surface area contributed by atoms with Gasteiger partial charge in [-0.3, -0.25) is 14.5 Å². The highest BCUT2D eigenvalue weighted by atomic mass is 16.2. The van der Waals surface area contributed by atoms with Gasteiger partial charge in [0.05, 0.1) is 6.54 Å². The van der Waals surface area contributed by atoms with Crippen molar-refractivity contribution in [1.82, 2.24) is 4.90 Å². The summed E-state index contributed by atoms with van der Waals surface area (Å²) in [5.41, 5.74) is 1.87. The molecule has 0 radical (unpaired) electrons. The molecule has 17 heavy (non-hydrogen) atoms. The molecule has 2 amide bonds. The molecule has 0 unspecified atom stereocenters. The molecule has 3 heteroatoms. The predicted octanol–water partition coefficient (Wildman–Crippen LogP) is 2.91. The lowest BCUT2D eigenvalue weighted by molar-refractivity contribution is -0.141. The lowest BCUT2D eigenvalue weighted by atomic mass is 10.1. The van der Waals surface area contributed by atoms with Gasteiger partial charge in [0, 0.05) is 12.0 Å². The van der Waals surface area contributed by atoms with E-state index in [4.69, 9.17) is 0 Å². The SMILES string of the molecule is CCC1=C(C)CN(C(=O)CCCC(C)C)C1=O. The molecule has 96 valence electrons. The Kier molecular flexibility index (Phi) is 4.91. The van der Waals surface area contributed by atoms with Gasteiger partial charge in [0.1, 0.15) is 0 Å². The third-order valence-corrected chi connectivity index (χ3v) is 3.24. The zero-order valence-corrected chi connectivity index (χ0v) is 11.4. The van der Waals surface area contributed by atoms with Gasteiger partial charge in [0.2, 0.25) is 5.91 Å². The molecule has 0 aromatic heterocycles. The Bertz CT molecular complexity index is 342. The van der Waals surface area contributed by atoms with Gasteiger partial charge in [-0.25, -0.2) is 0 Å². The van der Waals surface area contributed by atoms with Gasteiger partial charge in [0.15, 0.2) is 0 Å². The van der Waals surface area contributed by atoms with Gasteiger partial charge >= 0.3 is 0 Å². The second-order valence-electron chi connectivity index (χ2n) is 5.18. The topological polar surface area (TPSA) is 37.4 Å². The van der Waals surface area contributed by atoms with Gasteiger partial charge in [-0.2, -0.15) is 0 Å². The molecule has 1 rings (SSSR count). The quantitative estimate of drug-likeness (QED) is 0.737. The van der Waals surface area contributed by atoms with Crippen molar-refractivity contribution in [2.45, 2.75) is 53.4 Å². The van der Waals surface area contributed by atoms with Crippen molar-refractivity contribution in [3.8, 4) is 0 Å². The molecule has 1 aliphatic heterocycles. The summed E-state index contributed by atoms with van der Waals surface area (Å²) in [6.07, 6.45) is 3.14. The number of rotatable bonds is 5. The first kappa shape index (κ1) is 13.9. The maximum absolute atomic E-state index is 11.9. The molecule has 0 aromatic rings. The monoisotopic (exact) mass is 237 g/mol. The summed E-state index contributed by atoms with van der Waals surface area (Å²) in [6, 6.07) is 0.